The van der Waals surface area contributed by atoms with Crippen LogP contribution in [0.4, 0.5) is 0 Å². The third kappa shape index (κ3) is 1.56. The molecule has 72 valence electrons. The first-order chi connectivity index (χ1) is 6.68. The van der Waals surface area contributed by atoms with Crippen molar-refractivity contribution in [1.29, 1.82) is 0 Å². The zero-order valence-corrected chi connectivity index (χ0v) is 8.53. The maximum atomic E-state index is 11.3. The van der Waals surface area contributed by atoms with Crippen LogP contribution in [-0.4, -0.2) is 4.68 Å². The van der Waals surface area contributed by atoms with Gasteiger partial charge in [0.2, 0.25) is 6.20 Å². The first-order valence-electron chi connectivity index (χ1n) is 3.91. The highest BCUT2D eigenvalue weighted by Gasteiger charge is 2.08. The lowest BCUT2D eigenvalue weighted by molar-refractivity contribution is -0.683. The minimum atomic E-state index is 0.482. The Kier molecular flexibility index (Phi) is 2.35. The van der Waals surface area contributed by atoms with E-state index >= 15 is 0 Å². The molecule has 0 radical (unpaired) electrons. The van der Waals surface area contributed by atoms with Crippen molar-refractivity contribution in [3.8, 4) is 5.69 Å². The molecule has 0 atom stereocenters. The Bertz CT molecular complexity index is 468. The molecule has 0 N–H and O–H groups in total. The summed E-state index contributed by atoms with van der Waals surface area (Å²) < 4.78 is 1.37. The summed E-state index contributed by atoms with van der Waals surface area (Å²) in [6, 6.07) is 6.59. The summed E-state index contributed by atoms with van der Waals surface area (Å²) in [5.41, 5.74) is 0.569. The highest BCUT2D eigenvalue weighted by Crippen LogP contribution is 2.22. The fourth-order valence-corrected chi connectivity index (χ4v) is 1.55. The van der Waals surface area contributed by atoms with Crippen LogP contribution in [0.2, 0.25) is 10.0 Å². The molecule has 0 spiro atoms. The van der Waals surface area contributed by atoms with Crippen LogP contribution >= 0.6 is 23.2 Å². The van der Waals surface area contributed by atoms with Crippen LogP contribution in [0.5, 0.6) is 0 Å². The zero-order valence-electron chi connectivity index (χ0n) is 7.02. The van der Waals surface area contributed by atoms with Crippen molar-refractivity contribution in [2.75, 3.05) is 0 Å². The summed E-state index contributed by atoms with van der Waals surface area (Å²) >= 11 is 11.7. The van der Waals surface area contributed by atoms with Crippen LogP contribution in [0.1, 0.15) is 0 Å². The highest BCUT2D eigenvalue weighted by molar-refractivity contribution is 6.34. The monoisotopic (exact) mass is 228 g/mol. The number of hydrogen-bond donors (Lipinski definition) is 0. The Morgan fingerprint density at radius 1 is 1.29 bits per heavy atom. The lowest BCUT2D eigenvalue weighted by Crippen LogP contribution is -2.34. The third-order valence-corrected chi connectivity index (χ3v) is 2.36. The molecule has 0 aliphatic heterocycles. The number of halogens is 2. The van der Waals surface area contributed by atoms with Gasteiger partial charge in [0.05, 0.1) is 11.2 Å². The molecule has 1 aromatic carbocycles. The lowest BCUT2D eigenvalue weighted by atomic mass is 10.3. The molecule has 0 aliphatic rings. The molecule has 0 unspecified atom stereocenters. The Labute approximate surface area is 90.7 Å². The maximum absolute atomic E-state index is 11.3. The van der Waals surface area contributed by atoms with E-state index in [9.17, 15) is 5.21 Å². The number of rotatable bonds is 1. The van der Waals surface area contributed by atoms with Crippen LogP contribution in [0, 0.1) is 5.21 Å². The van der Waals surface area contributed by atoms with Crippen LogP contribution in [0.25, 0.3) is 5.69 Å². The number of aromatic nitrogens is 2. The predicted octanol–water partition coefficient (Wildman–Crippen LogP) is 2.42. The molecule has 0 amide bonds. The van der Waals surface area contributed by atoms with E-state index in [-0.39, 0.29) is 0 Å². The number of hydrogen-bond acceptors (Lipinski definition) is 1. The SMILES string of the molecule is [O-][n+]1cccn1-c1cc(Cl)ccc1Cl. The van der Waals surface area contributed by atoms with E-state index in [0.717, 1.165) is 0 Å². The van der Waals surface area contributed by atoms with Crippen LogP contribution in [0.15, 0.2) is 36.7 Å². The van der Waals surface area contributed by atoms with Gasteiger partial charge in [-0.1, -0.05) is 28.0 Å². The van der Waals surface area contributed by atoms with Crippen LogP contribution in [0.3, 0.4) is 0 Å². The molecule has 3 nitrogen and oxygen atoms in total. The van der Waals surface area contributed by atoms with Gasteiger partial charge in [-0.2, -0.15) is 0 Å². The van der Waals surface area contributed by atoms with Crippen molar-refractivity contribution in [3.05, 3.63) is 51.9 Å². The fourth-order valence-electron chi connectivity index (χ4n) is 1.18. The summed E-state index contributed by atoms with van der Waals surface area (Å²) in [6.45, 7) is 0. The van der Waals surface area contributed by atoms with Crippen molar-refractivity contribution >= 4 is 23.2 Å². The second-order valence-corrected chi connectivity index (χ2v) is 3.58. The van der Waals surface area contributed by atoms with Gasteiger partial charge in [-0.25, -0.2) is 0 Å². The van der Waals surface area contributed by atoms with Gasteiger partial charge in [0, 0.05) is 11.1 Å². The lowest BCUT2D eigenvalue weighted by Gasteiger charge is -2.05. The van der Waals surface area contributed by atoms with Crippen molar-refractivity contribution in [2.24, 2.45) is 0 Å². The number of nitrogens with zero attached hydrogens (tertiary/aromatic N) is 2. The van der Waals surface area contributed by atoms with Gasteiger partial charge in [0.15, 0.2) is 0 Å². The Morgan fingerprint density at radius 3 is 2.71 bits per heavy atom. The van der Waals surface area contributed by atoms with Gasteiger partial charge in [0.1, 0.15) is 5.69 Å². The van der Waals surface area contributed by atoms with E-state index < -0.39 is 0 Å². The summed E-state index contributed by atoms with van der Waals surface area (Å²) in [5, 5.41) is 12.3. The van der Waals surface area contributed by atoms with Gasteiger partial charge in [-0.15, -0.1) is 4.68 Å². The van der Waals surface area contributed by atoms with E-state index in [1.54, 1.807) is 30.5 Å². The van der Waals surface area contributed by atoms with E-state index in [0.29, 0.717) is 20.6 Å². The fraction of sp³-hybridized carbons (Fsp3) is 0. The average molecular weight is 229 g/mol. The van der Waals surface area contributed by atoms with Gasteiger partial charge in [-0.05, 0) is 18.2 Å². The van der Waals surface area contributed by atoms with E-state index in [4.69, 9.17) is 23.2 Å². The van der Waals surface area contributed by atoms with Crippen LogP contribution in [-0.2, 0) is 0 Å². The normalized spacial score (nSPS) is 10.4. The Morgan fingerprint density at radius 2 is 2.07 bits per heavy atom. The maximum Gasteiger partial charge on any atom is 0.209 e. The molecule has 0 bridgehead atoms. The third-order valence-electron chi connectivity index (χ3n) is 1.81. The quantitative estimate of drug-likeness (QED) is 0.545. The highest BCUT2D eigenvalue weighted by atomic mass is 35.5. The summed E-state index contributed by atoms with van der Waals surface area (Å²) in [4.78, 5) is 0.678. The summed E-state index contributed by atoms with van der Waals surface area (Å²) in [7, 11) is 0. The second kappa shape index (κ2) is 3.52. The molecule has 2 aromatic rings. The largest absolute Gasteiger partial charge is 0.596 e. The smallest absolute Gasteiger partial charge is 0.209 e. The van der Waals surface area contributed by atoms with Gasteiger partial charge >= 0.3 is 0 Å². The molecular weight excluding hydrogens is 223 g/mol. The second-order valence-electron chi connectivity index (χ2n) is 2.73. The van der Waals surface area contributed by atoms with Gasteiger partial charge in [0.25, 0.3) is 0 Å². The molecule has 1 heterocycles. The number of benzene rings is 1. The van der Waals surface area contributed by atoms with E-state index in [2.05, 4.69) is 0 Å². The molecule has 2 rings (SSSR count). The summed E-state index contributed by atoms with van der Waals surface area (Å²) in [5.74, 6) is 0. The average Bonchev–Trinajstić information content (AvgIpc) is 2.56. The molecule has 1 aromatic heterocycles. The van der Waals surface area contributed by atoms with Crippen molar-refractivity contribution in [3.63, 3.8) is 0 Å². The standard InChI is InChI=1S/C9H6Cl2N2O/c10-7-2-3-8(11)9(6-7)12-4-1-5-13(12)14/h1-6H. The zero-order chi connectivity index (χ0) is 10.1. The van der Waals surface area contributed by atoms with Gasteiger partial charge in [-0.3, -0.25) is 0 Å². The summed E-state index contributed by atoms with van der Waals surface area (Å²) in [6.07, 6.45) is 3.00. The van der Waals surface area contributed by atoms with Crippen LogP contribution < -0.4 is 4.85 Å². The minimum Gasteiger partial charge on any atom is -0.596 e. The molecule has 0 aliphatic carbocycles. The van der Waals surface area contributed by atoms with Gasteiger partial charge < -0.3 is 5.21 Å². The minimum absolute atomic E-state index is 0.482. The Hall–Kier alpha value is -1.19. The molecule has 0 fully saturated rings. The van der Waals surface area contributed by atoms with Crippen molar-refractivity contribution in [1.82, 2.24) is 4.68 Å². The molecule has 0 saturated carbocycles. The van der Waals surface area contributed by atoms with Crippen molar-refractivity contribution in [2.45, 2.75) is 0 Å². The first kappa shape index (κ1) is 9.37. The van der Waals surface area contributed by atoms with E-state index in [1.807, 2.05) is 0 Å². The van der Waals surface area contributed by atoms with Crippen molar-refractivity contribution < 1.29 is 4.85 Å². The molecule has 5 heteroatoms. The molecular formula is C9H6Cl2N2O. The molecule has 14 heavy (non-hydrogen) atoms. The predicted molar refractivity (Wildman–Crippen MR) is 54.7 cm³/mol. The van der Waals surface area contributed by atoms with E-state index in [1.165, 1.54) is 10.9 Å². The topological polar surface area (TPSA) is 31.9 Å². The Balaban J connectivity index is 2.62. The first-order valence-corrected chi connectivity index (χ1v) is 4.66. The molecule has 0 saturated heterocycles.